The van der Waals surface area contributed by atoms with Gasteiger partial charge in [0.2, 0.25) is 0 Å². The second kappa shape index (κ2) is 7.36. The number of aromatic nitrogens is 2. The van der Waals surface area contributed by atoms with Crippen molar-refractivity contribution in [3.05, 3.63) is 63.4 Å². The van der Waals surface area contributed by atoms with E-state index >= 15 is 0 Å². The van der Waals surface area contributed by atoms with Crippen molar-refractivity contribution < 1.29 is 9.53 Å². The van der Waals surface area contributed by atoms with Gasteiger partial charge < -0.3 is 14.6 Å². The molecule has 0 saturated carbocycles. The van der Waals surface area contributed by atoms with E-state index in [0.29, 0.717) is 18.5 Å². The van der Waals surface area contributed by atoms with Crippen molar-refractivity contribution >= 4 is 16.9 Å². The first kappa shape index (κ1) is 19.0. The molecule has 30 heavy (non-hydrogen) atoms. The fraction of sp³-hybridized carbons (Fsp3) is 0.375. The molecule has 1 unspecified atom stereocenters. The molecule has 0 bridgehead atoms. The summed E-state index contributed by atoms with van der Waals surface area (Å²) in [5, 5.41) is 4.25. The Morgan fingerprint density at radius 3 is 2.93 bits per heavy atom. The predicted molar refractivity (Wildman–Crippen MR) is 115 cm³/mol. The fourth-order valence-electron chi connectivity index (χ4n) is 4.60. The van der Waals surface area contributed by atoms with Crippen LogP contribution in [-0.4, -0.2) is 28.1 Å². The minimum atomic E-state index is -0.442. The van der Waals surface area contributed by atoms with Crippen LogP contribution < -0.4 is 10.9 Å². The Morgan fingerprint density at radius 2 is 2.17 bits per heavy atom. The Hall–Kier alpha value is -2.99. The van der Waals surface area contributed by atoms with E-state index in [9.17, 15) is 9.59 Å². The largest absolute Gasteiger partial charge is 0.456 e. The van der Waals surface area contributed by atoms with Gasteiger partial charge in [-0.15, -0.1) is 0 Å². The second-order valence-corrected chi connectivity index (χ2v) is 8.17. The summed E-state index contributed by atoms with van der Waals surface area (Å²) < 4.78 is 7.63. The van der Waals surface area contributed by atoms with Gasteiger partial charge in [-0.1, -0.05) is 25.1 Å². The normalized spacial score (nSPS) is 18.3. The van der Waals surface area contributed by atoms with Crippen molar-refractivity contribution in [3.63, 3.8) is 0 Å². The smallest absolute Gasteiger partial charge is 0.323 e. The lowest BCUT2D eigenvalue weighted by Crippen LogP contribution is -2.33. The van der Waals surface area contributed by atoms with Gasteiger partial charge in [-0.25, -0.2) is 4.98 Å². The first-order valence-electron chi connectivity index (χ1n) is 10.6. The lowest BCUT2D eigenvalue weighted by Gasteiger charge is -2.21. The monoisotopic (exact) mass is 403 g/mol. The Labute approximate surface area is 174 Å². The van der Waals surface area contributed by atoms with Crippen molar-refractivity contribution in [2.75, 3.05) is 6.54 Å². The Morgan fingerprint density at radius 1 is 1.33 bits per heavy atom. The number of fused-ring (bicyclic) bond motifs is 4. The van der Waals surface area contributed by atoms with Gasteiger partial charge in [0, 0.05) is 22.1 Å². The van der Waals surface area contributed by atoms with Crippen LogP contribution in [0.25, 0.3) is 22.3 Å². The van der Waals surface area contributed by atoms with E-state index in [1.54, 1.807) is 4.57 Å². The Bertz CT molecular complexity index is 1210. The van der Waals surface area contributed by atoms with Crippen LogP contribution in [-0.2, 0) is 16.1 Å². The number of hydrogen-bond acceptors (Lipinski definition) is 5. The average molecular weight is 403 g/mol. The van der Waals surface area contributed by atoms with Crippen molar-refractivity contribution in [1.29, 1.82) is 0 Å². The van der Waals surface area contributed by atoms with Crippen molar-refractivity contribution in [1.82, 2.24) is 14.9 Å². The number of pyridine rings is 2. The third-order valence-electron chi connectivity index (χ3n) is 6.28. The topological polar surface area (TPSA) is 73.2 Å². The number of hydrogen-bond donors (Lipinski definition) is 1. The lowest BCUT2D eigenvalue weighted by atomic mass is 10.0. The van der Waals surface area contributed by atoms with Gasteiger partial charge >= 0.3 is 5.97 Å². The molecule has 2 aromatic heterocycles. The van der Waals surface area contributed by atoms with E-state index in [1.165, 1.54) is 0 Å². The van der Waals surface area contributed by atoms with Gasteiger partial charge in [-0.3, -0.25) is 9.59 Å². The number of nitrogens with zero attached hydrogens (tertiary/aromatic N) is 2. The summed E-state index contributed by atoms with van der Waals surface area (Å²) in [4.78, 5) is 30.6. The summed E-state index contributed by atoms with van der Waals surface area (Å²) in [7, 11) is 0. The molecular formula is C24H25N3O3. The Kier molecular flexibility index (Phi) is 4.66. The molecule has 1 saturated heterocycles. The summed E-state index contributed by atoms with van der Waals surface area (Å²) in [5.41, 5.74) is 4.96. The molecule has 2 aliphatic heterocycles. The molecule has 6 nitrogen and oxygen atoms in total. The molecule has 5 rings (SSSR count). The molecule has 0 aliphatic carbocycles. The number of carbonyl (C=O) groups is 1. The maximum Gasteiger partial charge on any atom is 0.323 e. The third kappa shape index (κ3) is 3.03. The van der Waals surface area contributed by atoms with Crippen LogP contribution in [0.3, 0.4) is 0 Å². The van der Waals surface area contributed by atoms with E-state index in [1.807, 2.05) is 44.2 Å². The van der Waals surface area contributed by atoms with Gasteiger partial charge in [-0.05, 0) is 50.9 Å². The zero-order chi connectivity index (χ0) is 20.8. The summed E-state index contributed by atoms with van der Waals surface area (Å²) in [5.74, 6) is -0.233. The first-order valence-corrected chi connectivity index (χ1v) is 10.6. The molecule has 6 heteroatoms. The van der Waals surface area contributed by atoms with Crippen LogP contribution in [0.5, 0.6) is 0 Å². The molecule has 3 aromatic rings. The standard InChI is InChI=1S/C24H25N3O3/c1-3-21(30-24(29)19-9-6-10-25-19)17-12-20-22-16(13-27(20)23(28)14(17)2)11-15-7-4-5-8-18(15)26-22/h4-5,7-8,11-12,19,21,25H,3,6,9-10,13H2,1-2H3/t19-,21?/m1/s1. The zero-order valence-corrected chi connectivity index (χ0v) is 17.3. The van der Waals surface area contributed by atoms with Gasteiger partial charge in [0.15, 0.2) is 0 Å². The highest BCUT2D eigenvalue weighted by atomic mass is 16.5. The van der Waals surface area contributed by atoms with Crippen molar-refractivity contribution in [2.45, 2.75) is 51.8 Å². The molecule has 4 heterocycles. The first-order chi connectivity index (χ1) is 14.6. The van der Waals surface area contributed by atoms with E-state index in [-0.39, 0.29) is 17.6 Å². The lowest BCUT2D eigenvalue weighted by molar-refractivity contribution is -0.151. The molecule has 0 radical (unpaired) electrons. The summed E-state index contributed by atoms with van der Waals surface area (Å²) in [6, 6.07) is 11.8. The van der Waals surface area contributed by atoms with Crippen LogP contribution in [0.1, 0.15) is 49.0 Å². The summed E-state index contributed by atoms with van der Waals surface area (Å²) in [6.07, 6.45) is 1.95. The highest BCUT2D eigenvalue weighted by Gasteiger charge is 2.30. The van der Waals surface area contributed by atoms with Crippen LogP contribution in [0.2, 0.25) is 0 Å². The minimum Gasteiger partial charge on any atom is -0.456 e. The zero-order valence-electron chi connectivity index (χ0n) is 17.3. The van der Waals surface area contributed by atoms with Crippen molar-refractivity contribution in [3.8, 4) is 11.4 Å². The maximum atomic E-state index is 13.2. The highest BCUT2D eigenvalue weighted by Crippen LogP contribution is 2.35. The number of nitrogens with one attached hydrogen (secondary N) is 1. The number of carbonyl (C=O) groups excluding carboxylic acids is 1. The maximum absolute atomic E-state index is 13.2. The molecular weight excluding hydrogens is 378 g/mol. The van der Waals surface area contributed by atoms with Crippen molar-refractivity contribution in [2.24, 2.45) is 0 Å². The van der Waals surface area contributed by atoms with Gasteiger partial charge in [0.25, 0.3) is 5.56 Å². The van der Waals surface area contributed by atoms with E-state index in [2.05, 4.69) is 11.4 Å². The third-order valence-corrected chi connectivity index (χ3v) is 6.28. The molecule has 0 spiro atoms. The number of benzene rings is 1. The van der Waals surface area contributed by atoms with Gasteiger partial charge in [0.1, 0.15) is 12.1 Å². The molecule has 2 atom stereocenters. The quantitative estimate of drug-likeness (QED) is 0.528. The molecule has 1 N–H and O–H groups in total. The fourth-order valence-corrected chi connectivity index (χ4v) is 4.60. The molecule has 2 aliphatic rings. The van der Waals surface area contributed by atoms with Gasteiger partial charge in [-0.2, -0.15) is 0 Å². The second-order valence-electron chi connectivity index (χ2n) is 8.17. The average Bonchev–Trinajstić information content (AvgIpc) is 3.41. The van der Waals surface area contributed by atoms with E-state index in [0.717, 1.165) is 52.8 Å². The van der Waals surface area contributed by atoms with E-state index in [4.69, 9.17) is 9.72 Å². The van der Waals surface area contributed by atoms with E-state index < -0.39 is 6.10 Å². The molecule has 1 fully saturated rings. The minimum absolute atomic E-state index is 0.0435. The van der Waals surface area contributed by atoms with Crippen LogP contribution in [0.15, 0.2) is 41.2 Å². The molecule has 1 aromatic carbocycles. The predicted octanol–water partition coefficient (Wildman–Crippen LogP) is 3.48. The SMILES string of the molecule is CCC(OC(=O)[C@H]1CCCN1)c1cc2n(c(=O)c1C)Cc1cc3ccccc3nc1-2. The van der Waals surface area contributed by atoms with Gasteiger partial charge in [0.05, 0.1) is 23.4 Å². The van der Waals surface area contributed by atoms with Crippen LogP contribution in [0, 0.1) is 6.92 Å². The van der Waals surface area contributed by atoms with Crippen LogP contribution in [0.4, 0.5) is 0 Å². The number of rotatable bonds is 4. The Balaban J connectivity index is 1.57. The number of ether oxygens (including phenoxy) is 1. The number of para-hydroxylation sites is 1. The highest BCUT2D eigenvalue weighted by molar-refractivity contribution is 5.84. The molecule has 0 amide bonds. The summed E-state index contributed by atoms with van der Waals surface area (Å²) >= 11 is 0. The molecule has 154 valence electrons. The summed E-state index contributed by atoms with van der Waals surface area (Å²) in [6.45, 7) is 5.16. The van der Waals surface area contributed by atoms with Crippen LogP contribution >= 0.6 is 0 Å². The number of esters is 1.